The molecule has 2 aliphatic carbocycles. The molecule has 1 saturated heterocycles. The van der Waals surface area contributed by atoms with Crippen LogP contribution in [0.5, 0.6) is 0 Å². The van der Waals surface area contributed by atoms with Crippen molar-refractivity contribution in [3.05, 3.63) is 65.3 Å². The molecule has 0 saturated carbocycles. The normalized spacial score (nSPS) is 31.2. The van der Waals surface area contributed by atoms with Gasteiger partial charge in [0.05, 0.1) is 18.8 Å². The standard InChI is InChI=1S/C24H31NOS/c1-3-20(27)17-19-8-4-5-12-24(19,25-13-15-26-16-14-25)23-11-10-21-18(2)7-6-9-22(21)23/h4-12,19-20,23,27H,3,13-17H2,1-2H3. The first kappa shape index (κ1) is 19.0. The molecule has 1 heterocycles. The van der Waals surface area contributed by atoms with Crippen LogP contribution in [-0.2, 0) is 4.74 Å². The van der Waals surface area contributed by atoms with Gasteiger partial charge in [0.2, 0.25) is 0 Å². The van der Waals surface area contributed by atoms with E-state index in [1.165, 1.54) is 16.7 Å². The lowest BCUT2D eigenvalue weighted by molar-refractivity contribution is -0.0265. The van der Waals surface area contributed by atoms with Crippen molar-refractivity contribution in [1.82, 2.24) is 4.90 Å². The number of fused-ring (bicyclic) bond motifs is 1. The summed E-state index contributed by atoms with van der Waals surface area (Å²) in [6.45, 7) is 8.09. The molecule has 1 aromatic carbocycles. The molecule has 4 rings (SSSR count). The highest BCUT2D eigenvalue weighted by Gasteiger charge is 2.49. The zero-order valence-corrected chi connectivity index (χ0v) is 17.4. The molecule has 144 valence electrons. The first-order chi connectivity index (χ1) is 13.2. The molecule has 0 bridgehead atoms. The van der Waals surface area contributed by atoms with Crippen molar-refractivity contribution in [3.8, 4) is 0 Å². The summed E-state index contributed by atoms with van der Waals surface area (Å²) in [5.41, 5.74) is 4.22. The van der Waals surface area contributed by atoms with E-state index < -0.39 is 0 Å². The maximum atomic E-state index is 5.71. The van der Waals surface area contributed by atoms with Crippen molar-refractivity contribution in [2.45, 2.75) is 43.4 Å². The van der Waals surface area contributed by atoms with Crippen LogP contribution < -0.4 is 0 Å². The molecule has 1 fully saturated rings. The molecule has 2 nitrogen and oxygen atoms in total. The summed E-state index contributed by atoms with van der Waals surface area (Å²) in [6.07, 6.45) is 16.4. The molecule has 3 aliphatic rings. The van der Waals surface area contributed by atoms with E-state index in [4.69, 9.17) is 17.4 Å². The Hall–Kier alpha value is -1.29. The first-order valence-corrected chi connectivity index (χ1v) is 10.8. The van der Waals surface area contributed by atoms with E-state index in [1.54, 1.807) is 0 Å². The number of ether oxygens (including phenoxy) is 1. The summed E-state index contributed by atoms with van der Waals surface area (Å²) in [5, 5.41) is 0.425. The number of rotatable bonds is 5. The van der Waals surface area contributed by atoms with E-state index in [0.717, 1.165) is 39.1 Å². The molecular weight excluding hydrogens is 350 g/mol. The van der Waals surface area contributed by atoms with E-state index in [-0.39, 0.29) is 5.54 Å². The van der Waals surface area contributed by atoms with Gasteiger partial charge in [-0.1, -0.05) is 61.6 Å². The highest BCUT2D eigenvalue weighted by atomic mass is 32.1. The smallest absolute Gasteiger partial charge is 0.0594 e. The van der Waals surface area contributed by atoms with Gasteiger partial charge in [-0.2, -0.15) is 12.6 Å². The predicted molar refractivity (Wildman–Crippen MR) is 118 cm³/mol. The third-order valence-corrected chi connectivity index (χ3v) is 7.19. The van der Waals surface area contributed by atoms with Crippen molar-refractivity contribution in [2.75, 3.05) is 26.3 Å². The summed E-state index contributed by atoms with van der Waals surface area (Å²) >= 11 is 4.88. The van der Waals surface area contributed by atoms with Crippen LogP contribution in [0.4, 0.5) is 0 Å². The molecule has 1 aromatic rings. The van der Waals surface area contributed by atoms with Crippen molar-refractivity contribution in [2.24, 2.45) is 5.92 Å². The fourth-order valence-corrected chi connectivity index (χ4v) is 5.36. The van der Waals surface area contributed by atoms with E-state index >= 15 is 0 Å². The van der Waals surface area contributed by atoms with Crippen LogP contribution in [0.3, 0.4) is 0 Å². The minimum atomic E-state index is -0.0375. The average molecular weight is 382 g/mol. The Balaban J connectivity index is 1.80. The predicted octanol–water partition coefficient (Wildman–Crippen LogP) is 5.02. The van der Waals surface area contributed by atoms with Crippen LogP contribution in [-0.4, -0.2) is 42.0 Å². The monoisotopic (exact) mass is 381 g/mol. The number of benzene rings is 1. The van der Waals surface area contributed by atoms with Crippen LogP contribution in [0.25, 0.3) is 6.08 Å². The van der Waals surface area contributed by atoms with Crippen LogP contribution in [0.15, 0.2) is 48.6 Å². The van der Waals surface area contributed by atoms with Crippen LogP contribution in [0.2, 0.25) is 0 Å². The molecule has 4 atom stereocenters. The molecule has 0 N–H and O–H groups in total. The maximum Gasteiger partial charge on any atom is 0.0594 e. The molecule has 3 heteroatoms. The van der Waals surface area contributed by atoms with Crippen molar-refractivity contribution in [1.29, 1.82) is 0 Å². The minimum Gasteiger partial charge on any atom is -0.379 e. The average Bonchev–Trinajstić information content (AvgIpc) is 3.15. The summed E-state index contributed by atoms with van der Waals surface area (Å²) < 4.78 is 5.71. The zero-order valence-electron chi connectivity index (χ0n) is 16.5. The molecule has 0 spiro atoms. The maximum absolute atomic E-state index is 5.71. The minimum absolute atomic E-state index is 0.0375. The zero-order chi connectivity index (χ0) is 18.9. The van der Waals surface area contributed by atoms with Gasteiger partial charge in [-0.15, -0.1) is 0 Å². The van der Waals surface area contributed by atoms with E-state index in [9.17, 15) is 0 Å². The van der Waals surface area contributed by atoms with Crippen LogP contribution >= 0.6 is 12.6 Å². The van der Waals surface area contributed by atoms with Crippen LogP contribution in [0, 0.1) is 12.8 Å². The summed E-state index contributed by atoms with van der Waals surface area (Å²) in [4.78, 5) is 2.68. The second-order valence-corrected chi connectivity index (χ2v) is 8.78. The van der Waals surface area contributed by atoms with Crippen molar-refractivity contribution < 1.29 is 4.74 Å². The van der Waals surface area contributed by atoms with Gasteiger partial charge < -0.3 is 4.74 Å². The van der Waals surface area contributed by atoms with Crippen LogP contribution in [0.1, 0.15) is 42.4 Å². The first-order valence-electron chi connectivity index (χ1n) is 10.3. The third-order valence-electron chi connectivity index (χ3n) is 6.61. The van der Waals surface area contributed by atoms with Gasteiger partial charge in [0, 0.05) is 30.2 Å². The highest BCUT2D eigenvalue weighted by molar-refractivity contribution is 7.80. The lowest BCUT2D eigenvalue weighted by Gasteiger charge is -2.52. The Labute approximate surface area is 169 Å². The Kier molecular flexibility index (Phi) is 5.63. The number of allylic oxidation sites excluding steroid dienone is 2. The Bertz CT molecular complexity index is 762. The quantitative estimate of drug-likeness (QED) is 0.719. The number of hydrogen-bond acceptors (Lipinski definition) is 3. The summed E-state index contributed by atoms with van der Waals surface area (Å²) in [6, 6.07) is 6.77. The van der Waals surface area contributed by atoms with Gasteiger partial charge in [-0.05, 0) is 36.5 Å². The van der Waals surface area contributed by atoms with Gasteiger partial charge in [-0.25, -0.2) is 0 Å². The number of nitrogens with zero attached hydrogens (tertiary/aromatic N) is 1. The molecule has 0 aromatic heterocycles. The lowest BCUT2D eigenvalue weighted by Crippen LogP contribution is -2.59. The van der Waals surface area contributed by atoms with E-state index in [2.05, 4.69) is 73.4 Å². The fourth-order valence-electron chi connectivity index (χ4n) is 5.14. The molecular formula is C24H31NOS. The van der Waals surface area contributed by atoms with Crippen molar-refractivity contribution in [3.63, 3.8) is 0 Å². The molecule has 0 radical (unpaired) electrons. The largest absolute Gasteiger partial charge is 0.379 e. The number of aryl methyl sites for hydroxylation is 1. The molecule has 0 amide bonds. The fraction of sp³-hybridized carbons (Fsp3) is 0.500. The van der Waals surface area contributed by atoms with Gasteiger partial charge in [0.25, 0.3) is 0 Å². The highest BCUT2D eigenvalue weighted by Crippen LogP contribution is 2.50. The van der Waals surface area contributed by atoms with E-state index in [1.807, 2.05) is 0 Å². The Morgan fingerprint density at radius 2 is 2.04 bits per heavy atom. The number of thiol groups is 1. The SMILES string of the molecule is CCC(S)CC1C=CC=CC1(C1C=Cc2c(C)cccc21)N1CCOCC1. The molecule has 27 heavy (non-hydrogen) atoms. The summed E-state index contributed by atoms with van der Waals surface area (Å²) in [7, 11) is 0. The topological polar surface area (TPSA) is 12.5 Å². The van der Waals surface area contributed by atoms with Crippen molar-refractivity contribution >= 4 is 18.7 Å². The van der Waals surface area contributed by atoms with Gasteiger partial charge >= 0.3 is 0 Å². The third kappa shape index (κ3) is 3.35. The van der Waals surface area contributed by atoms with E-state index in [0.29, 0.717) is 17.1 Å². The Morgan fingerprint density at radius 1 is 1.22 bits per heavy atom. The number of morpholine rings is 1. The molecule has 1 aliphatic heterocycles. The van der Waals surface area contributed by atoms with Gasteiger partial charge in [0.1, 0.15) is 0 Å². The second-order valence-electron chi connectivity index (χ2n) is 8.05. The van der Waals surface area contributed by atoms with Gasteiger partial charge in [0.15, 0.2) is 0 Å². The summed E-state index contributed by atoms with van der Waals surface area (Å²) in [5.74, 6) is 0.818. The number of hydrogen-bond donors (Lipinski definition) is 1. The second kappa shape index (κ2) is 7.98. The van der Waals surface area contributed by atoms with Gasteiger partial charge in [-0.3, -0.25) is 4.90 Å². The Morgan fingerprint density at radius 3 is 2.81 bits per heavy atom. The lowest BCUT2D eigenvalue weighted by atomic mass is 9.66. The molecule has 4 unspecified atom stereocenters.